The van der Waals surface area contributed by atoms with Gasteiger partial charge in [-0.15, -0.1) is 0 Å². The number of hydrogen-bond donors (Lipinski definition) is 1. The second-order valence-electron chi connectivity index (χ2n) is 7.40. The van der Waals surface area contributed by atoms with E-state index >= 15 is 0 Å². The van der Waals surface area contributed by atoms with Crippen molar-refractivity contribution in [2.24, 2.45) is 0 Å². The van der Waals surface area contributed by atoms with Crippen molar-refractivity contribution in [1.29, 1.82) is 0 Å². The Morgan fingerprint density at radius 2 is 1.58 bits per heavy atom. The second-order valence-corrected chi connectivity index (χ2v) is 7.80. The first-order valence-electron chi connectivity index (χ1n) is 10.6. The summed E-state index contributed by atoms with van der Waals surface area (Å²) in [6, 6.07) is 23.1. The van der Waals surface area contributed by atoms with E-state index in [1.54, 1.807) is 44.5 Å². The van der Waals surface area contributed by atoms with Crippen LogP contribution in [0, 0.1) is 0 Å². The zero-order valence-corrected chi connectivity index (χ0v) is 19.4. The number of nitrogens with zero attached hydrogens (tertiary/aromatic N) is 1. The molecule has 0 aliphatic heterocycles. The molecule has 0 aromatic heterocycles. The molecule has 0 saturated heterocycles. The first kappa shape index (κ1) is 24.1. The summed E-state index contributed by atoms with van der Waals surface area (Å²) in [7, 11) is 3.14. The number of ether oxygens (including phenoxy) is 2. The number of carbonyl (C=O) groups excluding carboxylic acids is 2. The number of nitrogens with one attached hydrogen (secondary N) is 1. The van der Waals surface area contributed by atoms with Crippen LogP contribution < -0.4 is 14.8 Å². The molecule has 0 aliphatic rings. The molecule has 3 aromatic carbocycles. The van der Waals surface area contributed by atoms with Gasteiger partial charge in [0.25, 0.3) is 5.91 Å². The maximum atomic E-state index is 13.4. The third-order valence-corrected chi connectivity index (χ3v) is 5.61. The molecular weight excluding hydrogens is 440 g/mol. The molecule has 2 amide bonds. The van der Waals surface area contributed by atoms with Gasteiger partial charge in [-0.05, 0) is 41.5 Å². The van der Waals surface area contributed by atoms with Gasteiger partial charge in [0.05, 0.1) is 7.11 Å². The molecule has 172 valence electrons. The number of carbonyl (C=O) groups is 2. The molecule has 0 aliphatic carbocycles. The first-order chi connectivity index (χ1) is 16.0. The van der Waals surface area contributed by atoms with Gasteiger partial charge < -0.3 is 19.7 Å². The van der Waals surface area contributed by atoms with E-state index in [0.717, 1.165) is 11.1 Å². The molecule has 33 heavy (non-hydrogen) atoms. The van der Waals surface area contributed by atoms with Gasteiger partial charge in [0.1, 0.15) is 17.5 Å². The van der Waals surface area contributed by atoms with Crippen LogP contribution in [0.25, 0.3) is 0 Å². The lowest BCUT2D eigenvalue weighted by Gasteiger charge is -2.31. The fraction of sp³-hybridized carbons (Fsp3) is 0.231. The van der Waals surface area contributed by atoms with Crippen LogP contribution in [-0.2, 0) is 22.6 Å². The zero-order valence-electron chi connectivity index (χ0n) is 18.7. The van der Waals surface area contributed by atoms with Gasteiger partial charge in [-0.25, -0.2) is 0 Å². The van der Waals surface area contributed by atoms with Crippen molar-refractivity contribution < 1.29 is 19.1 Å². The minimum absolute atomic E-state index is 0.176. The Morgan fingerprint density at radius 1 is 0.939 bits per heavy atom. The molecule has 0 spiro atoms. The number of hydrogen-bond acceptors (Lipinski definition) is 4. The standard InChI is InChI=1S/C26H27ClN2O4/c1-28-26(31)24(16-19-8-4-3-5-9-19)29(17-20-10-6-7-11-23(20)27)25(30)18-33-22-14-12-21(32-2)13-15-22/h3-15,24H,16-18H2,1-2H3,(H,28,31)/t24-/m0/s1. The van der Waals surface area contributed by atoms with Gasteiger partial charge in [-0.3, -0.25) is 9.59 Å². The molecule has 7 heteroatoms. The number of halogens is 1. The molecule has 0 radical (unpaired) electrons. The molecule has 0 unspecified atom stereocenters. The van der Waals surface area contributed by atoms with Crippen LogP contribution >= 0.6 is 11.6 Å². The Hall–Kier alpha value is -3.51. The summed E-state index contributed by atoms with van der Waals surface area (Å²) in [5, 5.41) is 3.22. The average Bonchev–Trinajstić information content (AvgIpc) is 2.86. The minimum atomic E-state index is -0.736. The summed E-state index contributed by atoms with van der Waals surface area (Å²) in [4.78, 5) is 27.8. The molecule has 1 atom stereocenters. The number of rotatable bonds is 10. The average molecular weight is 467 g/mol. The van der Waals surface area contributed by atoms with Gasteiger partial charge in [0.15, 0.2) is 6.61 Å². The van der Waals surface area contributed by atoms with Crippen molar-refractivity contribution in [1.82, 2.24) is 10.2 Å². The third-order valence-electron chi connectivity index (χ3n) is 5.24. The maximum absolute atomic E-state index is 13.4. The monoisotopic (exact) mass is 466 g/mol. The predicted octanol–water partition coefficient (Wildman–Crippen LogP) is 4.11. The van der Waals surface area contributed by atoms with E-state index in [9.17, 15) is 9.59 Å². The topological polar surface area (TPSA) is 67.9 Å². The lowest BCUT2D eigenvalue weighted by molar-refractivity contribution is -0.142. The van der Waals surface area contributed by atoms with Gasteiger partial charge in [0, 0.05) is 25.0 Å². The molecular formula is C26H27ClN2O4. The van der Waals surface area contributed by atoms with Crippen LogP contribution in [0.5, 0.6) is 11.5 Å². The van der Waals surface area contributed by atoms with E-state index in [-0.39, 0.29) is 25.0 Å². The quantitative estimate of drug-likeness (QED) is 0.488. The van der Waals surface area contributed by atoms with Crippen LogP contribution in [0.1, 0.15) is 11.1 Å². The Bertz CT molecular complexity index is 1060. The molecule has 1 N–H and O–H groups in total. The summed E-state index contributed by atoms with van der Waals surface area (Å²) < 4.78 is 10.9. The Balaban J connectivity index is 1.86. The van der Waals surface area contributed by atoms with Gasteiger partial charge in [-0.1, -0.05) is 60.1 Å². The molecule has 3 rings (SSSR count). The fourth-order valence-electron chi connectivity index (χ4n) is 3.43. The summed E-state index contributed by atoms with van der Waals surface area (Å²) in [6.45, 7) is -0.0472. The van der Waals surface area contributed by atoms with Crippen LogP contribution in [0.15, 0.2) is 78.9 Å². The molecule has 0 fully saturated rings. The van der Waals surface area contributed by atoms with E-state index in [4.69, 9.17) is 21.1 Å². The van der Waals surface area contributed by atoms with Crippen LogP contribution in [-0.4, -0.2) is 43.5 Å². The number of amides is 2. The molecule has 0 saturated carbocycles. The minimum Gasteiger partial charge on any atom is -0.497 e. The van der Waals surface area contributed by atoms with Crippen molar-refractivity contribution in [3.05, 3.63) is 95.0 Å². The fourth-order valence-corrected chi connectivity index (χ4v) is 3.63. The highest BCUT2D eigenvalue weighted by Gasteiger charge is 2.30. The van der Waals surface area contributed by atoms with Crippen LogP contribution in [0.3, 0.4) is 0 Å². The molecule has 0 bridgehead atoms. The highest BCUT2D eigenvalue weighted by atomic mass is 35.5. The Morgan fingerprint density at radius 3 is 2.21 bits per heavy atom. The third kappa shape index (κ3) is 6.73. The molecule has 6 nitrogen and oxygen atoms in total. The summed E-state index contributed by atoms with van der Waals surface area (Å²) in [5.41, 5.74) is 1.69. The van der Waals surface area contributed by atoms with E-state index < -0.39 is 6.04 Å². The van der Waals surface area contributed by atoms with Gasteiger partial charge >= 0.3 is 0 Å². The zero-order chi connectivity index (χ0) is 23.6. The largest absolute Gasteiger partial charge is 0.497 e. The van der Waals surface area contributed by atoms with Gasteiger partial charge in [-0.2, -0.15) is 0 Å². The number of likely N-dealkylation sites (N-methyl/N-ethyl adjacent to an activating group) is 1. The Kier molecular flexibility index (Phi) is 8.72. The van der Waals surface area contributed by atoms with E-state index in [0.29, 0.717) is 22.9 Å². The van der Waals surface area contributed by atoms with Crippen molar-refractivity contribution >= 4 is 23.4 Å². The number of methoxy groups -OCH3 is 1. The summed E-state index contributed by atoms with van der Waals surface area (Å²) >= 11 is 6.37. The van der Waals surface area contributed by atoms with E-state index in [2.05, 4.69) is 5.32 Å². The van der Waals surface area contributed by atoms with E-state index in [1.165, 1.54) is 4.90 Å². The first-order valence-corrected chi connectivity index (χ1v) is 10.9. The van der Waals surface area contributed by atoms with Crippen LogP contribution in [0.4, 0.5) is 0 Å². The Labute approximate surface area is 199 Å². The molecule has 3 aromatic rings. The SMILES string of the molecule is CNC(=O)[C@H](Cc1ccccc1)N(Cc1ccccc1Cl)C(=O)COc1ccc(OC)cc1. The van der Waals surface area contributed by atoms with Crippen molar-refractivity contribution in [2.75, 3.05) is 20.8 Å². The van der Waals surface area contributed by atoms with Crippen molar-refractivity contribution in [3.8, 4) is 11.5 Å². The normalized spacial score (nSPS) is 11.4. The van der Waals surface area contributed by atoms with Crippen molar-refractivity contribution in [3.63, 3.8) is 0 Å². The van der Waals surface area contributed by atoms with Gasteiger partial charge in [0.2, 0.25) is 5.91 Å². The smallest absolute Gasteiger partial charge is 0.261 e. The highest BCUT2D eigenvalue weighted by Crippen LogP contribution is 2.21. The lowest BCUT2D eigenvalue weighted by Crippen LogP contribution is -2.51. The predicted molar refractivity (Wildman–Crippen MR) is 128 cm³/mol. The highest BCUT2D eigenvalue weighted by molar-refractivity contribution is 6.31. The van der Waals surface area contributed by atoms with Crippen LogP contribution in [0.2, 0.25) is 5.02 Å². The summed E-state index contributed by atoms with van der Waals surface area (Å²) in [6.07, 6.45) is 0.360. The maximum Gasteiger partial charge on any atom is 0.261 e. The molecule has 0 heterocycles. The van der Waals surface area contributed by atoms with Crippen molar-refractivity contribution in [2.45, 2.75) is 19.0 Å². The summed E-state index contributed by atoms with van der Waals surface area (Å²) in [5.74, 6) is 0.636. The second kappa shape index (κ2) is 11.9. The number of benzene rings is 3. The van der Waals surface area contributed by atoms with E-state index in [1.807, 2.05) is 48.5 Å². The lowest BCUT2D eigenvalue weighted by atomic mass is 10.0.